The first-order valence-corrected chi connectivity index (χ1v) is 9.99. The lowest BCUT2D eigenvalue weighted by molar-refractivity contribution is -0.121. The highest BCUT2D eigenvalue weighted by Gasteiger charge is 2.30. The van der Waals surface area contributed by atoms with Crippen LogP contribution in [0.3, 0.4) is 0 Å². The number of amides is 2. The maximum atomic E-state index is 13.0. The molecule has 0 bridgehead atoms. The molecule has 2 amide bonds. The molecule has 0 radical (unpaired) electrons. The third kappa shape index (κ3) is 3.96. The minimum absolute atomic E-state index is 0.0780. The van der Waals surface area contributed by atoms with E-state index in [2.05, 4.69) is 10.3 Å². The van der Waals surface area contributed by atoms with Gasteiger partial charge in [0, 0.05) is 30.1 Å². The minimum Gasteiger partial charge on any atom is -0.497 e. The fourth-order valence-electron chi connectivity index (χ4n) is 3.87. The molecule has 1 aliphatic heterocycles. The summed E-state index contributed by atoms with van der Waals surface area (Å²) in [6.45, 7) is 1.03. The van der Waals surface area contributed by atoms with E-state index < -0.39 is 0 Å². The third-order valence-corrected chi connectivity index (χ3v) is 5.51. The Morgan fingerprint density at radius 1 is 1.10 bits per heavy atom. The van der Waals surface area contributed by atoms with E-state index in [9.17, 15) is 9.59 Å². The van der Waals surface area contributed by atoms with Crippen molar-refractivity contribution in [3.8, 4) is 11.5 Å². The van der Waals surface area contributed by atoms with Gasteiger partial charge in [0.25, 0.3) is 5.91 Å². The van der Waals surface area contributed by atoms with Crippen molar-refractivity contribution >= 4 is 28.4 Å². The molecule has 156 valence electrons. The van der Waals surface area contributed by atoms with Gasteiger partial charge in [-0.25, -0.2) is 0 Å². The third-order valence-electron chi connectivity index (χ3n) is 5.51. The second kappa shape index (κ2) is 8.49. The van der Waals surface area contributed by atoms with Crippen molar-refractivity contribution in [3.05, 3.63) is 54.2 Å². The zero-order valence-corrected chi connectivity index (χ0v) is 17.1. The SMILES string of the molecule is COc1ccc(NC(=O)[C@@H]2CCCN(C(=O)c3cc4ccccc4[nH]3)C2)c(OC)c1. The Morgan fingerprint density at radius 2 is 1.93 bits per heavy atom. The lowest BCUT2D eigenvalue weighted by atomic mass is 9.96. The Bertz CT molecular complexity index is 1040. The molecular weight excluding hydrogens is 382 g/mol. The number of anilines is 1. The van der Waals surface area contributed by atoms with Crippen LogP contribution >= 0.6 is 0 Å². The van der Waals surface area contributed by atoms with Crippen LogP contribution in [0, 0.1) is 5.92 Å². The van der Waals surface area contributed by atoms with Gasteiger partial charge in [0.15, 0.2) is 0 Å². The van der Waals surface area contributed by atoms with Crippen molar-refractivity contribution in [1.29, 1.82) is 0 Å². The predicted molar refractivity (Wildman–Crippen MR) is 115 cm³/mol. The molecule has 30 heavy (non-hydrogen) atoms. The Morgan fingerprint density at radius 3 is 2.70 bits per heavy atom. The molecule has 1 fully saturated rings. The van der Waals surface area contributed by atoms with E-state index in [4.69, 9.17) is 9.47 Å². The number of para-hydroxylation sites is 1. The molecule has 2 heterocycles. The summed E-state index contributed by atoms with van der Waals surface area (Å²) in [6.07, 6.45) is 1.52. The van der Waals surface area contributed by atoms with E-state index in [-0.39, 0.29) is 17.7 Å². The quantitative estimate of drug-likeness (QED) is 0.676. The number of benzene rings is 2. The van der Waals surface area contributed by atoms with Crippen LogP contribution in [0.1, 0.15) is 23.3 Å². The van der Waals surface area contributed by atoms with E-state index in [1.165, 1.54) is 0 Å². The van der Waals surface area contributed by atoms with E-state index in [1.807, 2.05) is 30.3 Å². The predicted octanol–water partition coefficient (Wildman–Crippen LogP) is 3.68. The van der Waals surface area contributed by atoms with Crippen LogP contribution < -0.4 is 14.8 Å². The number of carbonyl (C=O) groups excluding carboxylic acids is 2. The summed E-state index contributed by atoms with van der Waals surface area (Å²) in [5.74, 6) is 0.708. The minimum atomic E-state index is -0.279. The molecule has 0 spiro atoms. The van der Waals surface area contributed by atoms with Gasteiger partial charge >= 0.3 is 0 Å². The molecule has 1 aliphatic rings. The zero-order chi connectivity index (χ0) is 21.1. The molecule has 0 saturated carbocycles. The van der Waals surface area contributed by atoms with Gasteiger partial charge in [0.1, 0.15) is 17.2 Å². The van der Waals surface area contributed by atoms with Gasteiger partial charge in [0.2, 0.25) is 5.91 Å². The molecule has 1 aromatic heterocycles. The normalized spacial score (nSPS) is 16.3. The summed E-state index contributed by atoms with van der Waals surface area (Å²) in [5.41, 5.74) is 2.07. The zero-order valence-electron chi connectivity index (χ0n) is 17.1. The van der Waals surface area contributed by atoms with E-state index in [0.29, 0.717) is 36.0 Å². The molecule has 7 heteroatoms. The van der Waals surface area contributed by atoms with Crippen molar-refractivity contribution in [2.45, 2.75) is 12.8 Å². The fraction of sp³-hybridized carbons (Fsp3) is 0.304. The number of H-pyrrole nitrogens is 1. The number of nitrogens with one attached hydrogen (secondary N) is 2. The Labute approximate surface area is 175 Å². The molecule has 4 rings (SSSR count). The number of hydrogen-bond acceptors (Lipinski definition) is 4. The van der Waals surface area contributed by atoms with Crippen LogP contribution in [0.2, 0.25) is 0 Å². The van der Waals surface area contributed by atoms with Crippen LogP contribution in [0.4, 0.5) is 5.69 Å². The van der Waals surface area contributed by atoms with E-state index >= 15 is 0 Å². The Hall–Kier alpha value is -3.48. The average Bonchev–Trinajstić information content (AvgIpc) is 3.23. The number of ether oxygens (including phenoxy) is 2. The largest absolute Gasteiger partial charge is 0.497 e. The summed E-state index contributed by atoms with van der Waals surface area (Å²) >= 11 is 0. The smallest absolute Gasteiger partial charge is 0.270 e. The topological polar surface area (TPSA) is 83.7 Å². The Kier molecular flexibility index (Phi) is 5.61. The molecule has 0 aliphatic carbocycles. The highest BCUT2D eigenvalue weighted by Crippen LogP contribution is 2.30. The maximum absolute atomic E-state index is 13.0. The summed E-state index contributed by atoms with van der Waals surface area (Å²) in [4.78, 5) is 30.8. The number of aromatic nitrogens is 1. The molecule has 2 N–H and O–H groups in total. The van der Waals surface area contributed by atoms with E-state index in [1.54, 1.807) is 37.3 Å². The highest BCUT2D eigenvalue weighted by molar-refractivity contribution is 5.99. The van der Waals surface area contributed by atoms with Gasteiger partial charge in [0.05, 0.1) is 25.8 Å². The lowest BCUT2D eigenvalue weighted by Crippen LogP contribution is -2.43. The number of fused-ring (bicyclic) bond motifs is 1. The molecular formula is C23H25N3O4. The van der Waals surface area contributed by atoms with Crippen molar-refractivity contribution in [2.24, 2.45) is 5.92 Å². The molecule has 2 aromatic carbocycles. The molecule has 7 nitrogen and oxygen atoms in total. The number of piperidine rings is 1. The second-order valence-electron chi connectivity index (χ2n) is 7.42. The highest BCUT2D eigenvalue weighted by atomic mass is 16.5. The fourth-order valence-corrected chi connectivity index (χ4v) is 3.87. The average molecular weight is 407 g/mol. The van der Waals surface area contributed by atoms with Gasteiger partial charge in [-0.3, -0.25) is 9.59 Å². The van der Waals surface area contributed by atoms with Crippen LogP contribution in [0.5, 0.6) is 11.5 Å². The number of aromatic amines is 1. The van der Waals surface area contributed by atoms with Crippen LogP contribution in [0.25, 0.3) is 10.9 Å². The lowest BCUT2D eigenvalue weighted by Gasteiger charge is -2.32. The molecule has 1 atom stereocenters. The van der Waals surface area contributed by atoms with Gasteiger partial charge < -0.3 is 24.7 Å². The van der Waals surface area contributed by atoms with Crippen molar-refractivity contribution in [3.63, 3.8) is 0 Å². The first-order chi connectivity index (χ1) is 14.6. The van der Waals surface area contributed by atoms with Crippen LogP contribution in [-0.2, 0) is 4.79 Å². The molecule has 1 saturated heterocycles. The monoisotopic (exact) mass is 407 g/mol. The summed E-state index contributed by atoms with van der Waals surface area (Å²) in [6, 6.07) is 14.9. The van der Waals surface area contributed by atoms with Gasteiger partial charge in [-0.1, -0.05) is 18.2 Å². The summed E-state index contributed by atoms with van der Waals surface area (Å²) in [5, 5.41) is 3.94. The standard InChI is InChI=1S/C23H25N3O4/c1-29-17-9-10-19(21(13-17)30-2)25-22(27)16-7-5-11-26(14-16)23(28)20-12-15-6-3-4-8-18(15)24-20/h3-4,6,8-10,12-13,16,24H,5,7,11,14H2,1-2H3,(H,25,27)/t16-/m1/s1. The summed E-state index contributed by atoms with van der Waals surface area (Å²) < 4.78 is 10.6. The number of rotatable bonds is 5. The van der Waals surface area contributed by atoms with Gasteiger partial charge in [-0.15, -0.1) is 0 Å². The van der Waals surface area contributed by atoms with Crippen molar-refractivity contribution < 1.29 is 19.1 Å². The van der Waals surface area contributed by atoms with Crippen molar-refractivity contribution in [2.75, 3.05) is 32.6 Å². The second-order valence-corrected chi connectivity index (χ2v) is 7.42. The first kappa shape index (κ1) is 19.8. The number of nitrogens with zero attached hydrogens (tertiary/aromatic N) is 1. The molecule has 3 aromatic rings. The number of hydrogen-bond donors (Lipinski definition) is 2. The molecule has 0 unspecified atom stereocenters. The number of carbonyl (C=O) groups is 2. The van der Waals surface area contributed by atoms with E-state index in [0.717, 1.165) is 23.7 Å². The van der Waals surface area contributed by atoms with Gasteiger partial charge in [-0.05, 0) is 37.1 Å². The Balaban J connectivity index is 1.45. The van der Waals surface area contributed by atoms with Crippen LogP contribution in [-0.4, -0.2) is 49.0 Å². The summed E-state index contributed by atoms with van der Waals surface area (Å²) in [7, 11) is 3.12. The van der Waals surface area contributed by atoms with Gasteiger partial charge in [-0.2, -0.15) is 0 Å². The maximum Gasteiger partial charge on any atom is 0.270 e. The van der Waals surface area contributed by atoms with Crippen LogP contribution in [0.15, 0.2) is 48.5 Å². The van der Waals surface area contributed by atoms with Crippen molar-refractivity contribution in [1.82, 2.24) is 9.88 Å². The first-order valence-electron chi connectivity index (χ1n) is 9.99. The number of methoxy groups -OCH3 is 2. The number of likely N-dealkylation sites (tertiary alicyclic amines) is 1.